The van der Waals surface area contributed by atoms with Crippen LogP contribution in [0.1, 0.15) is 0 Å². The molecule has 13 heavy (non-hydrogen) atoms. The molecule has 2 N–H and O–H groups in total. The van der Waals surface area contributed by atoms with Crippen LogP contribution in [0.15, 0.2) is 11.2 Å². The molecule has 0 unspecified atom stereocenters. The summed E-state index contributed by atoms with van der Waals surface area (Å²) in [6.45, 7) is 1.04. The molecule has 5 heteroatoms. The molecule has 0 radical (unpaired) electrons. The van der Waals surface area contributed by atoms with Gasteiger partial charge in [0.2, 0.25) is 0 Å². The van der Waals surface area contributed by atoms with Crippen molar-refractivity contribution in [1.29, 1.82) is 0 Å². The maximum absolute atomic E-state index is 5.74. The van der Waals surface area contributed by atoms with Crippen LogP contribution in [0.5, 0.6) is 0 Å². The largest absolute Gasteiger partial charge is 0.395 e. The molecule has 1 aromatic heterocycles. The van der Waals surface area contributed by atoms with E-state index in [1.54, 1.807) is 16.4 Å². The van der Waals surface area contributed by atoms with Crippen LogP contribution in [-0.2, 0) is 7.05 Å². The molecule has 0 aliphatic carbocycles. The van der Waals surface area contributed by atoms with Gasteiger partial charge in [0.05, 0.1) is 5.69 Å². The highest BCUT2D eigenvalue weighted by Crippen LogP contribution is 2.21. The molecule has 0 saturated carbocycles. The summed E-state index contributed by atoms with van der Waals surface area (Å²) in [7, 11) is 6.00. The number of hydrogen-bond donors (Lipinski definition) is 1. The van der Waals surface area contributed by atoms with Crippen molar-refractivity contribution in [3.63, 3.8) is 0 Å². The predicted molar refractivity (Wildman–Crippen MR) is 56.9 cm³/mol. The lowest BCUT2D eigenvalue weighted by Crippen LogP contribution is -2.14. The number of thioether (sulfide) groups is 1. The van der Waals surface area contributed by atoms with Crippen LogP contribution in [0.4, 0.5) is 5.69 Å². The molecule has 0 aliphatic heterocycles. The molecule has 0 aromatic carbocycles. The molecule has 4 nitrogen and oxygen atoms in total. The number of hydrogen-bond acceptors (Lipinski definition) is 4. The fourth-order valence-electron chi connectivity index (χ4n) is 0.923. The molecule has 1 heterocycles. The molecule has 0 amide bonds. The Hall–Kier alpha value is -0.680. The third-order valence-corrected chi connectivity index (χ3v) is 2.58. The van der Waals surface area contributed by atoms with E-state index in [0.29, 0.717) is 0 Å². The second-order valence-corrected chi connectivity index (χ2v) is 4.30. The van der Waals surface area contributed by atoms with Crippen molar-refractivity contribution < 1.29 is 0 Å². The molecule has 0 spiro atoms. The topological polar surface area (TPSA) is 47.1 Å². The third kappa shape index (κ3) is 3.28. The minimum absolute atomic E-state index is 0.770. The van der Waals surface area contributed by atoms with E-state index in [0.717, 1.165) is 23.0 Å². The summed E-state index contributed by atoms with van der Waals surface area (Å²) in [5, 5.41) is 5.18. The maximum Gasteiger partial charge on any atom is 0.141 e. The average molecular weight is 200 g/mol. The molecule has 0 fully saturated rings. The van der Waals surface area contributed by atoms with Crippen LogP contribution < -0.4 is 5.73 Å². The zero-order chi connectivity index (χ0) is 9.84. The number of nitrogens with zero attached hydrogens (tertiary/aromatic N) is 3. The standard InChI is InChI=1S/C8H16N4S/c1-11(2)4-5-13-8-7(9)6-12(3)10-8/h6H,4-5,9H2,1-3H3. The van der Waals surface area contributed by atoms with Crippen LogP contribution >= 0.6 is 11.8 Å². The Labute approximate surface area is 83.1 Å². The van der Waals surface area contributed by atoms with Crippen molar-refractivity contribution in [1.82, 2.24) is 14.7 Å². The Morgan fingerprint density at radius 1 is 1.62 bits per heavy atom. The number of aryl methyl sites for hydroxylation is 1. The van der Waals surface area contributed by atoms with Crippen LogP contribution in [0.25, 0.3) is 0 Å². The predicted octanol–water partition coefficient (Wildman–Crippen LogP) is 0.656. The van der Waals surface area contributed by atoms with Gasteiger partial charge in [0, 0.05) is 25.5 Å². The minimum Gasteiger partial charge on any atom is -0.395 e. The van der Waals surface area contributed by atoms with Gasteiger partial charge in [0.1, 0.15) is 5.03 Å². The van der Waals surface area contributed by atoms with E-state index in [-0.39, 0.29) is 0 Å². The summed E-state index contributed by atoms with van der Waals surface area (Å²) in [5.41, 5.74) is 6.51. The van der Waals surface area contributed by atoms with Gasteiger partial charge < -0.3 is 10.6 Å². The average Bonchev–Trinajstić information content (AvgIpc) is 2.29. The van der Waals surface area contributed by atoms with Gasteiger partial charge in [-0.25, -0.2) is 0 Å². The quantitative estimate of drug-likeness (QED) is 0.725. The zero-order valence-electron chi connectivity index (χ0n) is 8.32. The van der Waals surface area contributed by atoms with Gasteiger partial charge in [-0.1, -0.05) is 0 Å². The van der Waals surface area contributed by atoms with E-state index in [4.69, 9.17) is 5.73 Å². The summed E-state index contributed by atoms with van der Waals surface area (Å²) >= 11 is 1.70. The zero-order valence-corrected chi connectivity index (χ0v) is 9.14. The maximum atomic E-state index is 5.74. The molecule has 0 saturated heterocycles. The molecule has 0 bridgehead atoms. The SMILES string of the molecule is CN(C)CCSc1nn(C)cc1N. The Morgan fingerprint density at radius 3 is 2.77 bits per heavy atom. The van der Waals surface area contributed by atoms with E-state index in [2.05, 4.69) is 24.1 Å². The van der Waals surface area contributed by atoms with Crippen molar-refractivity contribution >= 4 is 17.4 Å². The van der Waals surface area contributed by atoms with Crippen molar-refractivity contribution in [3.05, 3.63) is 6.20 Å². The number of aromatic nitrogens is 2. The Balaban J connectivity index is 2.40. The highest BCUT2D eigenvalue weighted by molar-refractivity contribution is 7.99. The summed E-state index contributed by atoms with van der Waals surface area (Å²) in [6.07, 6.45) is 1.83. The Kier molecular flexibility index (Phi) is 3.62. The van der Waals surface area contributed by atoms with Crippen molar-refractivity contribution in [2.45, 2.75) is 5.03 Å². The van der Waals surface area contributed by atoms with E-state index in [9.17, 15) is 0 Å². The van der Waals surface area contributed by atoms with Crippen LogP contribution in [0.3, 0.4) is 0 Å². The van der Waals surface area contributed by atoms with Crippen LogP contribution in [-0.4, -0.2) is 41.1 Å². The lowest BCUT2D eigenvalue weighted by Gasteiger charge is -2.07. The van der Waals surface area contributed by atoms with Gasteiger partial charge in [-0.05, 0) is 14.1 Å². The Morgan fingerprint density at radius 2 is 2.31 bits per heavy atom. The molecule has 0 atom stereocenters. The first-order chi connectivity index (χ1) is 6.09. The lowest BCUT2D eigenvalue weighted by atomic mass is 10.6. The number of rotatable bonds is 4. The van der Waals surface area contributed by atoms with Gasteiger partial charge in [-0.15, -0.1) is 11.8 Å². The van der Waals surface area contributed by atoms with E-state index >= 15 is 0 Å². The van der Waals surface area contributed by atoms with Crippen molar-refractivity contribution in [2.24, 2.45) is 7.05 Å². The first-order valence-electron chi connectivity index (χ1n) is 4.16. The number of nitrogens with two attached hydrogens (primary N) is 1. The van der Waals surface area contributed by atoms with E-state index < -0.39 is 0 Å². The van der Waals surface area contributed by atoms with Gasteiger partial charge in [0.15, 0.2) is 0 Å². The minimum atomic E-state index is 0.770. The molecule has 1 aromatic rings. The Bertz CT molecular complexity index is 269. The van der Waals surface area contributed by atoms with Gasteiger partial charge in [-0.2, -0.15) is 5.10 Å². The fraction of sp³-hybridized carbons (Fsp3) is 0.625. The van der Waals surface area contributed by atoms with Crippen molar-refractivity contribution in [3.8, 4) is 0 Å². The second kappa shape index (κ2) is 4.53. The summed E-state index contributed by atoms with van der Waals surface area (Å²) in [6, 6.07) is 0. The first-order valence-corrected chi connectivity index (χ1v) is 5.15. The summed E-state index contributed by atoms with van der Waals surface area (Å²) in [4.78, 5) is 2.14. The summed E-state index contributed by atoms with van der Waals surface area (Å²) in [5.74, 6) is 1.02. The van der Waals surface area contributed by atoms with Gasteiger partial charge >= 0.3 is 0 Å². The smallest absolute Gasteiger partial charge is 0.141 e. The normalized spacial score (nSPS) is 11.1. The first kappa shape index (κ1) is 10.4. The molecule has 74 valence electrons. The second-order valence-electron chi connectivity index (χ2n) is 3.22. The molecular weight excluding hydrogens is 184 g/mol. The number of anilines is 1. The van der Waals surface area contributed by atoms with E-state index in [1.807, 2.05) is 13.2 Å². The fourth-order valence-corrected chi connectivity index (χ4v) is 1.98. The van der Waals surface area contributed by atoms with Crippen LogP contribution in [0.2, 0.25) is 0 Å². The lowest BCUT2D eigenvalue weighted by molar-refractivity contribution is 0.437. The van der Waals surface area contributed by atoms with Crippen LogP contribution in [0, 0.1) is 0 Å². The van der Waals surface area contributed by atoms with Gasteiger partial charge in [-0.3, -0.25) is 4.68 Å². The molecule has 0 aliphatic rings. The molecule has 1 rings (SSSR count). The molecular formula is C8H16N4S. The summed E-state index contributed by atoms with van der Waals surface area (Å²) < 4.78 is 1.74. The number of nitrogen functional groups attached to an aromatic ring is 1. The van der Waals surface area contributed by atoms with Gasteiger partial charge in [0.25, 0.3) is 0 Å². The monoisotopic (exact) mass is 200 g/mol. The van der Waals surface area contributed by atoms with E-state index in [1.165, 1.54) is 0 Å². The van der Waals surface area contributed by atoms with Crippen molar-refractivity contribution in [2.75, 3.05) is 32.1 Å². The highest BCUT2D eigenvalue weighted by Gasteiger charge is 2.04. The third-order valence-electron chi connectivity index (χ3n) is 1.60. The highest BCUT2D eigenvalue weighted by atomic mass is 32.2.